The van der Waals surface area contributed by atoms with E-state index in [0.29, 0.717) is 10.7 Å². The van der Waals surface area contributed by atoms with Crippen LogP contribution in [-0.4, -0.2) is 18.2 Å². The van der Waals surface area contributed by atoms with E-state index in [4.69, 9.17) is 17.0 Å². The lowest BCUT2D eigenvalue weighted by molar-refractivity contribution is -0.136. The first-order chi connectivity index (χ1) is 12.4. The molecule has 1 aliphatic heterocycles. The number of aryl methyl sites for hydroxylation is 2. The highest BCUT2D eigenvalue weighted by molar-refractivity contribution is 7.80. The van der Waals surface area contributed by atoms with Gasteiger partial charge in [-0.3, -0.25) is 4.90 Å². The fraction of sp³-hybridized carbons (Fsp3) is 0.238. The number of hydrogen-bond acceptors (Lipinski definition) is 3. The van der Waals surface area contributed by atoms with Crippen LogP contribution in [0.1, 0.15) is 29.7 Å². The molecule has 5 heteroatoms. The molecular weight excluding hydrogens is 344 g/mol. The predicted molar refractivity (Wildman–Crippen MR) is 108 cm³/mol. The minimum Gasteiger partial charge on any atom is -0.466 e. The highest BCUT2D eigenvalue weighted by atomic mass is 32.1. The number of hydrogen-bond donors (Lipinski definition) is 1. The molecule has 1 heterocycles. The fourth-order valence-corrected chi connectivity index (χ4v) is 3.62. The summed E-state index contributed by atoms with van der Waals surface area (Å²) in [6.45, 7) is 5.99. The van der Waals surface area contributed by atoms with E-state index in [1.54, 1.807) is 0 Å². The Kier molecular flexibility index (Phi) is 5.09. The molecule has 0 unspecified atom stereocenters. The zero-order chi connectivity index (χ0) is 18.8. The Hall–Kier alpha value is -2.66. The molecule has 0 saturated carbocycles. The lowest BCUT2D eigenvalue weighted by Crippen LogP contribution is -2.48. The van der Waals surface area contributed by atoms with Crippen LogP contribution in [-0.2, 0) is 9.53 Å². The van der Waals surface area contributed by atoms with Crippen LogP contribution in [0.2, 0.25) is 0 Å². The molecule has 4 nitrogen and oxygen atoms in total. The lowest BCUT2D eigenvalue weighted by atomic mass is 9.94. The number of carbonyl (C=O) groups excluding carboxylic acids is 1. The summed E-state index contributed by atoms with van der Waals surface area (Å²) in [5, 5.41) is 3.89. The van der Waals surface area contributed by atoms with E-state index >= 15 is 0 Å². The van der Waals surface area contributed by atoms with Crippen molar-refractivity contribution in [1.82, 2.24) is 5.32 Å². The normalized spacial score (nSPS) is 17.2. The molecule has 2 aromatic carbocycles. The van der Waals surface area contributed by atoms with Gasteiger partial charge in [0.25, 0.3) is 0 Å². The minimum atomic E-state index is -0.360. The van der Waals surface area contributed by atoms with Crippen molar-refractivity contribution in [2.75, 3.05) is 12.0 Å². The number of allylic oxidation sites excluding steroid dienone is 1. The van der Waals surface area contributed by atoms with Crippen molar-refractivity contribution in [3.63, 3.8) is 0 Å². The number of rotatable bonds is 3. The molecular formula is C21H22N2O2S. The molecule has 0 bridgehead atoms. The van der Waals surface area contributed by atoms with Crippen molar-refractivity contribution in [3.8, 4) is 0 Å². The number of ether oxygens (including phenoxy) is 1. The number of benzene rings is 2. The first kappa shape index (κ1) is 18.1. The molecule has 26 heavy (non-hydrogen) atoms. The van der Waals surface area contributed by atoms with Gasteiger partial charge in [-0.25, -0.2) is 4.79 Å². The van der Waals surface area contributed by atoms with Crippen LogP contribution >= 0.6 is 12.2 Å². The number of esters is 1. The van der Waals surface area contributed by atoms with Gasteiger partial charge in [0.2, 0.25) is 0 Å². The van der Waals surface area contributed by atoms with Crippen molar-refractivity contribution >= 4 is 29.0 Å². The van der Waals surface area contributed by atoms with E-state index in [1.807, 2.05) is 56.0 Å². The van der Waals surface area contributed by atoms with Gasteiger partial charge in [-0.05, 0) is 55.7 Å². The number of carbonyl (C=O) groups is 1. The van der Waals surface area contributed by atoms with Gasteiger partial charge in [-0.2, -0.15) is 0 Å². The maximum absolute atomic E-state index is 12.6. The van der Waals surface area contributed by atoms with Gasteiger partial charge < -0.3 is 10.1 Å². The summed E-state index contributed by atoms with van der Waals surface area (Å²) in [5.74, 6) is -0.360. The molecule has 0 spiro atoms. The molecule has 0 amide bonds. The first-order valence-corrected chi connectivity index (χ1v) is 8.86. The Bertz CT molecular complexity index is 890. The van der Waals surface area contributed by atoms with Crippen LogP contribution in [0.5, 0.6) is 0 Å². The number of nitrogens with zero attached hydrogens (tertiary/aromatic N) is 1. The quantitative estimate of drug-likeness (QED) is 0.652. The van der Waals surface area contributed by atoms with Crippen LogP contribution in [0, 0.1) is 13.8 Å². The van der Waals surface area contributed by atoms with Gasteiger partial charge >= 0.3 is 5.97 Å². The van der Waals surface area contributed by atoms with Gasteiger partial charge in [0.05, 0.1) is 24.4 Å². The molecule has 0 radical (unpaired) electrons. The molecule has 0 saturated heterocycles. The second-order valence-electron chi connectivity index (χ2n) is 6.41. The Morgan fingerprint density at radius 1 is 1.12 bits per heavy atom. The Balaban J connectivity index is 2.18. The highest BCUT2D eigenvalue weighted by Gasteiger charge is 2.35. The topological polar surface area (TPSA) is 41.6 Å². The second kappa shape index (κ2) is 7.30. The third-order valence-corrected chi connectivity index (χ3v) is 4.93. The molecule has 1 aliphatic rings. The summed E-state index contributed by atoms with van der Waals surface area (Å²) < 4.78 is 5.08. The van der Waals surface area contributed by atoms with Gasteiger partial charge in [-0.1, -0.05) is 42.5 Å². The van der Waals surface area contributed by atoms with Crippen molar-refractivity contribution in [2.24, 2.45) is 0 Å². The average molecular weight is 366 g/mol. The van der Waals surface area contributed by atoms with Crippen LogP contribution < -0.4 is 10.2 Å². The van der Waals surface area contributed by atoms with Crippen molar-refractivity contribution in [2.45, 2.75) is 26.8 Å². The van der Waals surface area contributed by atoms with E-state index in [2.05, 4.69) is 23.5 Å². The highest BCUT2D eigenvalue weighted by Crippen LogP contribution is 2.35. The van der Waals surface area contributed by atoms with Crippen LogP contribution in [0.4, 0.5) is 5.69 Å². The zero-order valence-corrected chi connectivity index (χ0v) is 16.2. The van der Waals surface area contributed by atoms with Crippen LogP contribution in [0.25, 0.3) is 0 Å². The third-order valence-electron chi connectivity index (χ3n) is 4.63. The number of thiocarbonyl (C=S) groups is 1. The predicted octanol–water partition coefficient (Wildman–Crippen LogP) is 4.19. The van der Waals surface area contributed by atoms with E-state index in [9.17, 15) is 4.79 Å². The van der Waals surface area contributed by atoms with E-state index in [0.717, 1.165) is 28.1 Å². The third kappa shape index (κ3) is 3.22. The summed E-state index contributed by atoms with van der Waals surface area (Å²) in [6.07, 6.45) is 0. The zero-order valence-electron chi connectivity index (χ0n) is 15.4. The summed E-state index contributed by atoms with van der Waals surface area (Å²) in [7, 11) is 1.40. The van der Waals surface area contributed by atoms with Gasteiger partial charge in [0.1, 0.15) is 0 Å². The molecule has 0 aromatic heterocycles. The van der Waals surface area contributed by atoms with E-state index in [-0.39, 0.29) is 12.0 Å². The Morgan fingerprint density at radius 2 is 1.81 bits per heavy atom. The van der Waals surface area contributed by atoms with Crippen molar-refractivity contribution in [1.29, 1.82) is 0 Å². The van der Waals surface area contributed by atoms with Crippen LogP contribution in [0.15, 0.2) is 59.8 Å². The van der Waals surface area contributed by atoms with Crippen LogP contribution in [0.3, 0.4) is 0 Å². The molecule has 134 valence electrons. The number of anilines is 1. The number of methoxy groups -OCH3 is 1. The maximum atomic E-state index is 12.6. The molecule has 0 fully saturated rings. The van der Waals surface area contributed by atoms with Gasteiger partial charge in [0.15, 0.2) is 5.11 Å². The lowest BCUT2D eigenvalue weighted by Gasteiger charge is -2.38. The van der Waals surface area contributed by atoms with E-state index in [1.165, 1.54) is 7.11 Å². The van der Waals surface area contributed by atoms with Gasteiger partial charge in [-0.15, -0.1) is 0 Å². The largest absolute Gasteiger partial charge is 0.466 e. The number of nitrogens with one attached hydrogen (secondary N) is 1. The Morgan fingerprint density at radius 3 is 2.46 bits per heavy atom. The summed E-state index contributed by atoms with van der Waals surface area (Å²) in [5.41, 5.74) is 5.49. The fourth-order valence-electron chi connectivity index (χ4n) is 3.26. The Labute approximate surface area is 159 Å². The molecule has 1 N–H and O–H groups in total. The van der Waals surface area contributed by atoms with E-state index < -0.39 is 0 Å². The summed E-state index contributed by atoms with van der Waals surface area (Å²) in [4.78, 5) is 14.5. The summed E-state index contributed by atoms with van der Waals surface area (Å²) in [6, 6.07) is 15.6. The monoisotopic (exact) mass is 366 g/mol. The second-order valence-corrected chi connectivity index (χ2v) is 6.80. The standard InChI is InChI=1S/C21H22N2O2S/c1-13-10-11-14(2)17(12-13)23-15(3)18(20(24)25-4)19(22-21(23)26)16-8-6-5-7-9-16/h5-12,19H,1-4H3,(H,22,26)/t19-/m0/s1. The molecule has 1 atom stereocenters. The summed E-state index contributed by atoms with van der Waals surface area (Å²) >= 11 is 5.67. The minimum absolute atomic E-state index is 0.336. The maximum Gasteiger partial charge on any atom is 0.337 e. The van der Waals surface area contributed by atoms with Crippen molar-refractivity contribution < 1.29 is 9.53 Å². The van der Waals surface area contributed by atoms with Gasteiger partial charge in [0, 0.05) is 5.70 Å². The SMILES string of the molecule is COC(=O)C1=C(C)N(c2cc(C)ccc2C)C(=S)N[C@H]1c1ccccc1. The molecule has 2 aromatic rings. The molecule has 0 aliphatic carbocycles. The first-order valence-electron chi connectivity index (χ1n) is 8.46. The molecule has 3 rings (SSSR count). The average Bonchev–Trinajstić information content (AvgIpc) is 2.64. The smallest absolute Gasteiger partial charge is 0.337 e. The van der Waals surface area contributed by atoms with Crippen molar-refractivity contribution in [3.05, 3.63) is 76.5 Å².